The van der Waals surface area contributed by atoms with Crippen molar-refractivity contribution in [2.75, 3.05) is 6.61 Å². The molecule has 0 spiro atoms. The number of amides is 2. The number of esters is 1. The van der Waals surface area contributed by atoms with Crippen LogP contribution < -0.4 is 10.1 Å². The summed E-state index contributed by atoms with van der Waals surface area (Å²) >= 11 is 16.6. The fourth-order valence-corrected chi connectivity index (χ4v) is 4.32. The van der Waals surface area contributed by atoms with Crippen molar-refractivity contribution in [1.82, 2.24) is 10.2 Å². The summed E-state index contributed by atoms with van der Waals surface area (Å²) < 4.78 is 20.0. The molecule has 2 bridgehead atoms. The summed E-state index contributed by atoms with van der Waals surface area (Å²) in [5.74, 6) is -0.151. The molecule has 3 heterocycles. The number of β-lactam (4-membered cyclic amide) rings is 1. The van der Waals surface area contributed by atoms with E-state index in [4.69, 9.17) is 55.0 Å². The van der Waals surface area contributed by atoms with Gasteiger partial charge in [0.2, 0.25) is 15.6 Å². The van der Waals surface area contributed by atoms with Gasteiger partial charge in [0.25, 0.3) is 0 Å². The summed E-state index contributed by atoms with van der Waals surface area (Å²) in [6.07, 6.45) is -0.343. The number of fused-ring (bicyclic) bond motifs is 2. The van der Waals surface area contributed by atoms with Crippen LogP contribution in [0.25, 0.3) is 0 Å². The van der Waals surface area contributed by atoms with Crippen molar-refractivity contribution in [1.29, 1.82) is 0 Å². The number of nitrogens with zero attached hydrogens (tertiary/aromatic N) is 1. The number of alkyl halides is 3. The number of halogens is 4. The maximum absolute atomic E-state index is 12.3. The molecule has 1 aromatic carbocycles. The first-order valence-electron chi connectivity index (χ1n) is 8.62. The lowest BCUT2D eigenvalue weighted by Crippen LogP contribution is -2.77. The van der Waals surface area contributed by atoms with E-state index in [-0.39, 0.29) is 12.0 Å². The van der Waals surface area contributed by atoms with Crippen molar-refractivity contribution in [3.8, 4) is 11.5 Å². The van der Waals surface area contributed by atoms with E-state index in [9.17, 15) is 18.9 Å². The molecule has 8 nitrogen and oxygen atoms in total. The van der Waals surface area contributed by atoms with E-state index in [1.807, 2.05) is 24.3 Å². The molecule has 170 valence electrons. The Morgan fingerprint density at radius 1 is 1.39 bits per heavy atom. The third kappa shape index (κ3) is 6.34. The van der Waals surface area contributed by atoms with Gasteiger partial charge in [-0.2, -0.15) is 0 Å². The lowest BCUT2D eigenvalue weighted by atomic mass is 10.00. The van der Waals surface area contributed by atoms with Gasteiger partial charge in [-0.15, -0.1) is 0 Å². The molecule has 0 radical (unpaired) electrons. The van der Waals surface area contributed by atoms with E-state index in [1.54, 1.807) is 0 Å². The largest absolute Gasteiger partial charge is 0.596 e. The fraction of sp³-hybridized carbons (Fsp3) is 0.389. The van der Waals surface area contributed by atoms with E-state index < -0.39 is 49.6 Å². The number of hydrogen-bond acceptors (Lipinski definition) is 6. The first-order valence-corrected chi connectivity index (χ1v) is 11.7. The lowest BCUT2D eigenvalue weighted by molar-refractivity contribution is -0.168. The van der Waals surface area contributed by atoms with Gasteiger partial charge >= 0.3 is 11.0 Å². The van der Waals surface area contributed by atoms with E-state index >= 15 is 0 Å². The van der Waals surface area contributed by atoms with Gasteiger partial charge in [-0.1, -0.05) is 47.4 Å². The van der Waals surface area contributed by atoms with Gasteiger partial charge in [-0.25, -0.2) is 4.79 Å². The highest BCUT2D eigenvalue weighted by Gasteiger charge is 2.65. The minimum atomic E-state index is -2.21. The van der Waals surface area contributed by atoms with Crippen molar-refractivity contribution in [3.63, 3.8) is 0 Å². The molecule has 0 saturated carbocycles. The Morgan fingerprint density at radius 2 is 1.94 bits per heavy atom. The SMILES string of the molecule is C=C(C)C(C(=O)OCC(Cl)(Cl)Cl)N1C(=O)CC1(NC(C)=O)[S+]([O-])Cl.c1cc2cc(c1)O2. The van der Waals surface area contributed by atoms with Gasteiger partial charge in [0.05, 0.1) is 0 Å². The van der Waals surface area contributed by atoms with Crippen LogP contribution in [0.2, 0.25) is 0 Å². The van der Waals surface area contributed by atoms with E-state index in [1.165, 1.54) is 6.92 Å². The van der Waals surface area contributed by atoms with Crippen LogP contribution in [0, 0.1) is 0 Å². The van der Waals surface area contributed by atoms with Gasteiger partial charge in [0.15, 0.2) is 16.7 Å². The molecular formula is C18H18Cl4N2O6S. The Kier molecular flexibility index (Phi) is 8.40. The van der Waals surface area contributed by atoms with Crippen molar-refractivity contribution < 1.29 is 28.4 Å². The number of carbonyl (C=O) groups excluding carboxylic acids is 3. The van der Waals surface area contributed by atoms with E-state index in [0.717, 1.165) is 23.3 Å². The second kappa shape index (κ2) is 10.1. The number of ether oxygens (including phenoxy) is 2. The van der Waals surface area contributed by atoms with Crippen molar-refractivity contribution in [2.45, 2.75) is 35.1 Å². The first-order chi connectivity index (χ1) is 14.3. The second-order valence-corrected chi connectivity index (χ2v) is 11.2. The highest BCUT2D eigenvalue weighted by Crippen LogP contribution is 2.40. The molecule has 13 heteroatoms. The van der Waals surface area contributed by atoms with Crippen LogP contribution in [0.4, 0.5) is 0 Å². The van der Waals surface area contributed by atoms with Crippen LogP contribution in [0.1, 0.15) is 20.3 Å². The number of carbonyl (C=O) groups is 3. The lowest BCUT2D eigenvalue weighted by Gasteiger charge is -2.50. The molecule has 1 fully saturated rings. The van der Waals surface area contributed by atoms with Gasteiger partial charge in [-0.3, -0.25) is 19.8 Å². The van der Waals surface area contributed by atoms with E-state index in [0.29, 0.717) is 0 Å². The Bertz CT molecular complexity index is 869. The summed E-state index contributed by atoms with van der Waals surface area (Å²) in [5, 5.41) is 2.34. The third-order valence-corrected chi connectivity index (χ3v) is 6.12. The Hall–Kier alpha value is -1.36. The normalized spacial score (nSPS) is 20.6. The maximum atomic E-state index is 12.3. The molecule has 4 rings (SSSR count). The topological polar surface area (TPSA) is 108 Å². The monoisotopic (exact) mass is 530 g/mol. The molecule has 2 amide bonds. The zero-order valence-electron chi connectivity index (χ0n) is 16.3. The van der Waals surface area contributed by atoms with Crippen molar-refractivity contribution >= 4 is 73.7 Å². The molecule has 31 heavy (non-hydrogen) atoms. The molecule has 0 aromatic heterocycles. The Labute approximate surface area is 201 Å². The number of rotatable bonds is 6. The number of hydrogen-bond donors (Lipinski definition) is 1. The predicted octanol–water partition coefficient (Wildman–Crippen LogP) is 3.56. The Balaban J connectivity index is 0.000000401. The quantitative estimate of drug-likeness (QED) is 0.201. The van der Waals surface area contributed by atoms with Crippen LogP contribution in [-0.4, -0.2) is 48.7 Å². The summed E-state index contributed by atoms with van der Waals surface area (Å²) in [6.45, 7) is 5.65. The third-order valence-electron chi connectivity index (χ3n) is 4.05. The molecule has 1 saturated heterocycles. The average molecular weight is 532 g/mol. The standard InChI is InChI=1S/C12H14Cl4N2O5S.C6H4O/c1-6(2)9(10(21)23-5-11(13,14)15)18-8(20)4-12(18,24(16)22)17-7(3)19;1-2-5-4-6(3-1)7-5/h9H,1,4-5H2,2-3H3,(H,17,19);1-4H. The summed E-state index contributed by atoms with van der Waals surface area (Å²) in [7, 11) is 3.45. The van der Waals surface area contributed by atoms with Gasteiger partial charge in [-0.05, 0) is 24.6 Å². The fourth-order valence-electron chi connectivity index (χ4n) is 2.83. The van der Waals surface area contributed by atoms with Crippen LogP contribution in [0.3, 0.4) is 0 Å². The minimum Gasteiger partial charge on any atom is -0.596 e. The summed E-state index contributed by atoms with van der Waals surface area (Å²) in [6, 6.07) is 6.50. The molecular weight excluding hydrogens is 514 g/mol. The molecule has 1 aromatic rings. The number of benzene rings is 1. The van der Waals surface area contributed by atoms with Crippen LogP contribution in [-0.2, 0) is 29.5 Å². The minimum absolute atomic E-state index is 0.189. The molecule has 3 aliphatic rings. The molecule has 0 aliphatic carbocycles. The second-order valence-electron chi connectivity index (χ2n) is 6.68. The van der Waals surface area contributed by atoms with Gasteiger partial charge < -0.3 is 14.0 Å². The average Bonchev–Trinajstić information content (AvgIpc) is 2.62. The predicted molar refractivity (Wildman–Crippen MR) is 118 cm³/mol. The number of likely N-dealkylation sites (tertiary alicyclic amines) is 1. The van der Waals surface area contributed by atoms with Gasteiger partial charge in [0.1, 0.15) is 34.9 Å². The highest BCUT2D eigenvalue weighted by atomic mass is 35.7. The zero-order valence-corrected chi connectivity index (χ0v) is 20.2. The first kappa shape index (κ1) is 25.9. The Morgan fingerprint density at radius 3 is 2.23 bits per heavy atom. The highest BCUT2D eigenvalue weighted by molar-refractivity contribution is 8.14. The summed E-state index contributed by atoms with van der Waals surface area (Å²) in [4.78, 5) is 34.9. The number of nitrogens with one attached hydrogen (secondary N) is 1. The van der Waals surface area contributed by atoms with Crippen molar-refractivity contribution in [3.05, 3.63) is 36.4 Å². The summed E-state index contributed by atoms with van der Waals surface area (Å²) in [5.41, 5.74) is 0.189. The van der Waals surface area contributed by atoms with Gasteiger partial charge in [0, 0.05) is 13.0 Å². The molecule has 3 atom stereocenters. The zero-order chi connectivity index (χ0) is 23.6. The van der Waals surface area contributed by atoms with Crippen LogP contribution in [0.15, 0.2) is 36.4 Å². The van der Waals surface area contributed by atoms with Crippen molar-refractivity contribution in [2.24, 2.45) is 0 Å². The van der Waals surface area contributed by atoms with Crippen LogP contribution in [0.5, 0.6) is 11.5 Å². The van der Waals surface area contributed by atoms with E-state index in [2.05, 4.69) is 11.9 Å². The molecule has 3 unspecified atom stereocenters. The maximum Gasteiger partial charge on any atom is 0.333 e. The smallest absolute Gasteiger partial charge is 0.333 e. The molecule has 1 N–H and O–H groups in total. The van der Waals surface area contributed by atoms with Crippen LogP contribution >= 0.6 is 45.5 Å². The molecule has 3 aliphatic heterocycles.